The Morgan fingerprint density at radius 3 is 2.52 bits per heavy atom. The van der Waals surface area contributed by atoms with Crippen LogP contribution in [-0.2, 0) is 11.4 Å². The summed E-state index contributed by atoms with van der Waals surface area (Å²) in [7, 11) is 0. The Morgan fingerprint density at radius 2 is 1.83 bits per heavy atom. The largest absolute Gasteiger partial charge is 0.489 e. The lowest BCUT2D eigenvalue weighted by molar-refractivity contribution is -0.110. The van der Waals surface area contributed by atoms with E-state index in [0.29, 0.717) is 13.0 Å². The van der Waals surface area contributed by atoms with E-state index in [9.17, 15) is 4.79 Å². The molecule has 2 aromatic rings. The highest BCUT2D eigenvalue weighted by molar-refractivity contribution is 9.10. The van der Waals surface area contributed by atoms with Crippen molar-refractivity contribution in [2.24, 2.45) is 0 Å². The number of ether oxygens (including phenoxy) is 1. The molecule has 0 saturated carbocycles. The van der Waals surface area contributed by atoms with E-state index in [-0.39, 0.29) is 5.12 Å². The maximum atomic E-state index is 11.8. The van der Waals surface area contributed by atoms with Gasteiger partial charge in [0.1, 0.15) is 12.4 Å². The molecule has 0 fully saturated rings. The van der Waals surface area contributed by atoms with Gasteiger partial charge in [0.15, 0.2) is 5.12 Å². The lowest BCUT2D eigenvalue weighted by Crippen LogP contribution is -2.02. The zero-order valence-corrected chi connectivity index (χ0v) is 16.3. The summed E-state index contributed by atoms with van der Waals surface area (Å²) in [5.74, 6) is 0.890. The predicted molar refractivity (Wildman–Crippen MR) is 100 cm³/mol. The van der Waals surface area contributed by atoms with Gasteiger partial charge in [0.2, 0.25) is 0 Å². The van der Waals surface area contributed by atoms with E-state index < -0.39 is 0 Å². The van der Waals surface area contributed by atoms with Crippen LogP contribution in [0.5, 0.6) is 5.75 Å². The Kier molecular flexibility index (Phi) is 6.31. The van der Waals surface area contributed by atoms with Crippen LogP contribution in [0, 0.1) is 20.8 Å². The average molecular weight is 393 g/mol. The lowest BCUT2D eigenvalue weighted by Gasteiger charge is -2.15. The molecule has 2 rings (SSSR count). The molecule has 0 amide bonds. The second kappa shape index (κ2) is 8.02. The number of thioether (sulfide) groups is 1. The summed E-state index contributed by atoms with van der Waals surface area (Å²) in [6.45, 7) is 8.55. The van der Waals surface area contributed by atoms with Crippen molar-refractivity contribution in [3.05, 3.63) is 57.1 Å². The van der Waals surface area contributed by atoms with Crippen LogP contribution in [0.2, 0.25) is 0 Å². The summed E-state index contributed by atoms with van der Waals surface area (Å²) in [5.41, 5.74) is 4.62. The van der Waals surface area contributed by atoms with Gasteiger partial charge in [0.05, 0.1) is 0 Å². The molecule has 0 aromatic heterocycles. The lowest BCUT2D eigenvalue weighted by atomic mass is 10.1. The summed E-state index contributed by atoms with van der Waals surface area (Å²) < 4.78 is 7.01. The van der Waals surface area contributed by atoms with Crippen LogP contribution in [0.25, 0.3) is 0 Å². The minimum Gasteiger partial charge on any atom is -0.489 e. The standard InChI is InChI=1S/C19H21BrO2S/c1-5-19(21)23-18-8-6-7-16(20)15(18)11-22-17-10-13(3)12(2)9-14(17)4/h6-10H,5,11H2,1-4H3. The fraction of sp³-hybridized carbons (Fsp3) is 0.316. The summed E-state index contributed by atoms with van der Waals surface area (Å²) in [6.07, 6.45) is 0.522. The minimum absolute atomic E-state index is 0.159. The van der Waals surface area contributed by atoms with E-state index in [4.69, 9.17) is 4.74 Å². The molecule has 0 aliphatic carbocycles. The first kappa shape index (κ1) is 18.1. The topological polar surface area (TPSA) is 26.3 Å². The van der Waals surface area contributed by atoms with Crippen LogP contribution in [0.1, 0.15) is 35.6 Å². The molecule has 0 N–H and O–H groups in total. The van der Waals surface area contributed by atoms with Gasteiger partial charge in [0.25, 0.3) is 0 Å². The van der Waals surface area contributed by atoms with Gasteiger partial charge < -0.3 is 4.74 Å². The van der Waals surface area contributed by atoms with Gasteiger partial charge in [-0.1, -0.05) is 46.7 Å². The number of hydrogen-bond donors (Lipinski definition) is 0. The molecule has 2 aromatic carbocycles. The van der Waals surface area contributed by atoms with Gasteiger partial charge in [-0.05, 0) is 55.7 Å². The van der Waals surface area contributed by atoms with Crippen LogP contribution in [0.15, 0.2) is 39.7 Å². The molecule has 0 aliphatic heterocycles. The average Bonchev–Trinajstić information content (AvgIpc) is 2.51. The maximum absolute atomic E-state index is 11.8. The zero-order chi connectivity index (χ0) is 17.0. The van der Waals surface area contributed by atoms with Gasteiger partial charge in [-0.2, -0.15) is 0 Å². The van der Waals surface area contributed by atoms with Crippen LogP contribution in [0.4, 0.5) is 0 Å². The zero-order valence-electron chi connectivity index (χ0n) is 13.9. The molecule has 23 heavy (non-hydrogen) atoms. The molecule has 0 aliphatic rings. The third kappa shape index (κ3) is 4.61. The van der Waals surface area contributed by atoms with Crippen molar-refractivity contribution in [2.75, 3.05) is 0 Å². The monoisotopic (exact) mass is 392 g/mol. The van der Waals surface area contributed by atoms with E-state index in [1.807, 2.05) is 25.1 Å². The Labute approximate surface area is 150 Å². The molecule has 0 heterocycles. The second-order valence-corrected chi connectivity index (χ2v) is 7.49. The molecule has 4 heteroatoms. The highest BCUT2D eigenvalue weighted by Crippen LogP contribution is 2.32. The van der Waals surface area contributed by atoms with Crippen LogP contribution in [-0.4, -0.2) is 5.12 Å². The highest BCUT2D eigenvalue weighted by Gasteiger charge is 2.12. The van der Waals surface area contributed by atoms with E-state index in [1.54, 1.807) is 0 Å². The summed E-state index contributed by atoms with van der Waals surface area (Å²) >= 11 is 4.85. The van der Waals surface area contributed by atoms with Crippen molar-refractivity contribution in [2.45, 2.75) is 45.6 Å². The quantitative estimate of drug-likeness (QED) is 0.585. The Bertz CT molecular complexity index is 726. The summed E-state index contributed by atoms with van der Waals surface area (Å²) in [5, 5.41) is 0.159. The van der Waals surface area contributed by atoms with E-state index in [0.717, 1.165) is 26.2 Å². The third-order valence-electron chi connectivity index (χ3n) is 3.75. The summed E-state index contributed by atoms with van der Waals surface area (Å²) in [6, 6.07) is 10.1. The second-order valence-electron chi connectivity index (χ2n) is 5.53. The fourth-order valence-electron chi connectivity index (χ4n) is 2.21. The number of aryl methyl sites for hydroxylation is 3. The molecule has 0 radical (unpaired) electrons. The van der Waals surface area contributed by atoms with Crippen molar-refractivity contribution >= 4 is 32.8 Å². The number of rotatable bonds is 5. The van der Waals surface area contributed by atoms with Crippen molar-refractivity contribution < 1.29 is 9.53 Å². The van der Waals surface area contributed by atoms with Gasteiger partial charge in [-0.15, -0.1) is 0 Å². The summed E-state index contributed by atoms with van der Waals surface area (Å²) in [4.78, 5) is 12.7. The molecule has 0 unspecified atom stereocenters. The molecular formula is C19H21BrO2S. The predicted octanol–water partition coefficient (Wildman–Crippen LogP) is 5.98. The Balaban J connectivity index is 2.23. The van der Waals surface area contributed by atoms with Crippen molar-refractivity contribution in [1.82, 2.24) is 0 Å². The van der Waals surface area contributed by atoms with Gasteiger partial charge >= 0.3 is 0 Å². The van der Waals surface area contributed by atoms with Crippen LogP contribution in [0.3, 0.4) is 0 Å². The van der Waals surface area contributed by atoms with Gasteiger partial charge in [-0.3, -0.25) is 4.79 Å². The van der Waals surface area contributed by atoms with E-state index in [2.05, 4.69) is 48.8 Å². The molecule has 122 valence electrons. The van der Waals surface area contributed by atoms with Crippen LogP contribution >= 0.6 is 27.7 Å². The number of carbonyl (C=O) groups excluding carboxylic acids is 1. The Morgan fingerprint density at radius 1 is 1.13 bits per heavy atom. The fourth-order valence-corrected chi connectivity index (χ4v) is 3.65. The molecular weight excluding hydrogens is 372 g/mol. The van der Waals surface area contributed by atoms with Crippen molar-refractivity contribution in [3.63, 3.8) is 0 Å². The SMILES string of the molecule is CCC(=O)Sc1cccc(Br)c1COc1cc(C)c(C)cc1C. The number of benzene rings is 2. The molecule has 0 saturated heterocycles. The highest BCUT2D eigenvalue weighted by atomic mass is 79.9. The number of carbonyl (C=O) groups is 1. The van der Waals surface area contributed by atoms with Crippen molar-refractivity contribution in [3.8, 4) is 5.75 Å². The normalized spacial score (nSPS) is 10.7. The first-order valence-electron chi connectivity index (χ1n) is 7.61. The molecule has 0 bridgehead atoms. The first-order valence-corrected chi connectivity index (χ1v) is 9.22. The van der Waals surface area contributed by atoms with Gasteiger partial charge in [0, 0.05) is 21.4 Å². The van der Waals surface area contributed by atoms with Crippen molar-refractivity contribution in [1.29, 1.82) is 0 Å². The third-order valence-corrected chi connectivity index (χ3v) is 5.61. The molecule has 0 atom stereocenters. The number of halogens is 1. The Hall–Kier alpha value is -1.26. The maximum Gasteiger partial charge on any atom is 0.193 e. The molecule has 2 nitrogen and oxygen atoms in total. The molecule has 0 spiro atoms. The van der Waals surface area contributed by atoms with Crippen LogP contribution < -0.4 is 4.74 Å². The van der Waals surface area contributed by atoms with E-state index in [1.165, 1.54) is 22.9 Å². The first-order chi connectivity index (χ1) is 10.9. The smallest absolute Gasteiger partial charge is 0.193 e. The minimum atomic E-state index is 0.159. The number of hydrogen-bond acceptors (Lipinski definition) is 3. The van der Waals surface area contributed by atoms with E-state index >= 15 is 0 Å². The van der Waals surface area contributed by atoms with Gasteiger partial charge in [-0.25, -0.2) is 0 Å².